The third-order valence-corrected chi connectivity index (χ3v) is 3.50. The summed E-state index contributed by atoms with van der Waals surface area (Å²) in [5, 5.41) is 3.41. The molecule has 1 aliphatic heterocycles. The number of nitrogen functional groups attached to an aromatic ring is 1. The smallest absolute Gasteiger partial charge is 0.125 e. The van der Waals surface area contributed by atoms with Crippen molar-refractivity contribution in [2.45, 2.75) is 19.3 Å². The number of nitrogens with two attached hydrogens (primary N) is 1. The van der Waals surface area contributed by atoms with Crippen molar-refractivity contribution in [1.82, 2.24) is 9.88 Å². The van der Waals surface area contributed by atoms with E-state index in [1.54, 1.807) is 6.20 Å². The van der Waals surface area contributed by atoms with Gasteiger partial charge >= 0.3 is 0 Å². The molecule has 17 heavy (non-hydrogen) atoms. The molecule has 1 fully saturated rings. The second kappa shape index (κ2) is 5.87. The minimum absolute atomic E-state index is 0.578. The zero-order valence-electron chi connectivity index (χ0n) is 10.5. The highest BCUT2D eigenvalue weighted by molar-refractivity contribution is 5.49. The molecule has 0 radical (unpaired) electrons. The van der Waals surface area contributed by atoms with E-state index < -0.39 is 0 Å². The van der Waals surface area contributed by atoms with Gasteiger partial charge in [-0.15, -0.1) is 0 Å². The van der Waals surface area contributed by atoms with Crippen LogP contribution in [0, 0.1) is 5.92 Å². The van der Waals surface area contributed by atoms with Crippen LogP contribution >= 0.6 is 0 Å². The van der Waals surface area contributed by atoms with Gasteiger partial charge < -0.3 is 16.0 Å². The molecule has 0 aliphatic carbocycles. The number of piperidine rings is 1. The van der Waals surface area contributed by atoms with E-state index in [1.807, 2.05) is 12.1 Å². The summed E-state index contributed by atoms with van der Waals surface area (Å²) in [5.41, 5.74) is 6.71. The van der Waals surface area contributed by atoms with Crippen LogP contribution in [0.3, 0.4) is 0 Å². The fourth-order valence-electron chi connectivity index (χ4n) is 2.33. The highest BCUT2D eigenvalue weighted by atomic mass is 15.1. The van der Waals surface area contributed by atoms with Crippen LogP contribution in [0.15, 0.2) is 18.3 Å². The molecule has 2 rings (SSSR count). The van der Waals surface area contributed by atoms with Gasteiger partial charge in [-0.1, -0.05) is 0 Å². The highest BCUT2D eigenvalue weighted by Crippen LogP contribution is 2.19. The maximum absolute atomic E-state index is 5.63. The Morgan fingerprint density at radius 1 is 1.47 bits per heavy atom. The van der Waals surface area contributed by atoms with Crippen LogP contribution in [0.25, 0.3) is 0 Å². The Kier molecular flexibility index (Phi) is 4.20. The fraction of sp³-hybridized carbons (Fsp3) is 0.615. The van der Waals surface area contributed by atoms with Crippen LogP contribution in [-0.2, 0) is 0 Å². The number of nitrogens with zero attached hydrogens (tertiary/aromatic N) is 2. The third-order valence-electron chi connectivity index (χ3n) is 3.50. The standard InChI is InChI=1S/C13H22N4/c1-17-8-4-11(5-9-17)2-6-15-12-3-7-16-13(14)10-12/h3,7,10-11H,2,4-6,8-9H2,1H3,(H3,14,15,16). The number of aromatic nitrogens is 1. The first-order valence-electron chi connectivity index (χ1n) is 6.38. The Hall–Kier alpha value is -1.29. The molecule has 0 aromatic carbocycles. The van der Waals surface area contributed by atoms with Crippen molar-refractivity contribution in [3.63, 3.8) is 0 Å². The summed E-state index contributed by atoms with van der Waals surface area (Å²) < 4.78 is 0. The Morgan fingerprint density at radius 2 is 2.24 bits per heavy atom. The Balaban J connectivity index is 1.69. The largest absolute Gasteiger partial charge is 0.385 e. The number of hydrogen-bond donors (Lipinski definition) is 2. The molecule has 0 atom stereocenters. The summed E-state index contributed by atoms with van der Waals surface area (Å²) in [6.07, 6.45) is 5.65. The molecule has 4 heteroatoms. The first kappa shape index (κ1) is 12.2. The van der Waals surface area contributed by atoms with E-state index in [1.165, 1.54) is 32.4 Å². The SMILES string of the molecule is CN1CCC(CCNc2ccnc(N)c2)CC1. The van der Waals surface area contributed by atoms with Gasteiger partial charge in [-0.3, -0.25) is 0 Å². The van der Waals surface area contributed by atoms with E-state index in [2.05, 4.69) is 22.2 Å². The number of hydrogen-bond acceptors (Lipinski definition) is 4. The van der Waals surface area contributed by atoms with E-state index in [-0.39, 0.29) is 0 Å². The van der Waals surface area contributed by atoms with Gasteiger partial charge in [0, 0.05) is 24.5 Å². The first-order chi connectivity index (χ1) is 8.24. The average molecular weight is 234 g/mol. The quantitative estimate of drug-likeness (QED) is 0.834. The summed E-state index contributed by atoms with van der Waals surface area (Å²) in [5.74, 6) is 1.45. The lowest BCUT2D eigenvalue weighted by atomic mass is 9.94. The van der Waals surface area contributed by atoms with Crippen LogP contribution in [0.4, 0.5) is 11.5 Å². The second-order valence-electron chi connectivity index (χ2n) is 4.93. The van der Waals surface area contributed by atoms with E-state index in [4.69, 9.17) is 5.73 Å². The summed E-state index contributed by atoms with van der Waals surface area (Å²) in [6, 6.07) is 3.85. The molecular weight excluding hydrogens is 212 g/mol. The molecule has 3 N–H and O–H groups in total. The van der Waals surface area contributed by atoms with Crippen molar-refractivity contribution in [3.8, 4) is 0 Å². The van der Waals surface area contributed by atoms with Gasteiger partial charge in [0.25, 0.3) is 0 Å². The van der Waals surface area contributed by atoms with Crippen LogP contribution in [0.5, 0.6) is 0 Å². The lowest BCUT2D eigenvalue weighted by molar-refractivity contribution is 0.215. The van der Waals surface area contributed by atoms with Crippen molar-refractivity contribution in [3.05, 3.63) is 18.3 Å². The van der Waals surface area contributed by atoms with Gasteiger partial charge in [0.05, 0.1) is 0 Å². The molecule has 94 valence electrons. The van der Waals surface area contributed by atoms with Gasteiger partial charge in [0.1, 0.15) is 5.82 Å². The van der Waals surface area contributed by atoms with Gasteiger partial charge in [-0.05, 0) is 51.4 Å². The summed E-state index contributed by atoms with van der Waals surface area (Å²) in [4.78, 5) is 6.39. The van der Waals surface area contributed by atoms with E-state index in [9.17, 15) is 0 Å². The van der Waals surface area contributed by atoms with Crippen LogP contribution in [0.2, 0.25) is 0 Å². The number of rotatable bonds is 4. The first-order valence-corrected chi connectivity index (χ1v) is 6.38. The Morgan fingerprint density at radius 3 is 2.94 bits per heavy atom. The molecule has 0 bridgehead atoms. The van der Waals surface area contributed by atoms with Crippen LogP contribution in [-0.4, -0.2) is 36.6 Å². The molecular formula is C13H22N4. The van der Waals surface area contributed by atoms with Gasteiger partial charge in [0.15, 0.2) is 0 Å². The molecule has 0 unspecified atom stereocenters. The number of pyridine rings is 1. The normalized spacial score (nSPS) is 18.2. The Bertz CT molecular complexity index is 345. The number of nitrogens with one attached hydrogen (secondary N) is 1. The minimum Gasteiger partial charge on any atom is -0.385 e. The van der Waals surface area contributed by atoms with Crippen molar-refractivity contribution in [2.24, 2.45) is 5.92 Å². The number of likely N-dealkylation sites (tertiary alicyclic amines) is 1. The van der Waals surface area contributed by atoms with Crippen LogP contribution in [0.1, 0.15) is 19.3 Å². The van der Waals surface area contributed by atoms with Crippen molar-refractivity contribution in [1.29, 1.82) is 0 Å². The molecule has 2 heterocycles. The summed E-state index contributed by atoms with van der Waals surface area (Å²) in [7, 11) is 2.20. The topological polar surface area (TPSA) is 54.2 Å². The molecule has 0 spiro atoms. The van der Waals surface area contributed by atoms with Crippen LogP contribution < -0.4 is 11.1 Å². The van der Waals surface area contributed by atoms with E-state index in [0.29, 0.717) is 5.82 Å². The second-order valence-corrected chi connectivity index (χ2v) is 4.93. The minimum atomic E-state index is 0.578. The predicted molar refractivity (Wildman–Crippen MR) is 72.0 cm³/mol. The molecule has 4 nitrogen and oxygen atoms in total. The molecule has 1 saturated heterocycles. The average Bonchev–Trinajstić information content (AvgIpc) is 2.32. The van der Waals surface area contributed by atoms with E-state index in [0.717, 1.165) is 18.2 Å². The summed E-state index contributed by atoms with van der Waals surface area (Å²) >= 11 is 0. The molecule has 0 amide bonds. The third kappa shape index (κ3) is 3.89. The fourth-order valence-corrected chi connectivity index (χ4v) is 2.33. The van der Waals surface area contributed by atoms with Crippen molar-refractivity contribution < 1.29 is 0 Å². The maximum atomic E-state index is 5.63. The maximum Gasteiger partial charge on any atom is 0.125 e. The van der Waals surface area contributed by atoms with Gasteiger partial charge in [-0.2, -0.15) is 0 Å². The van der Waals surface area contributed by atoms with Crippen molar-refractivity contribution in [2.75, 3.05) is 37.7 Å². The molecule has 0 saturated carbocycles. The Labute approximate surface area is 103 Å². The van der Waals surface area contributed by atoms with Crippen molar-refractivity contribution >= 4 is 11.5 Å². The van der Waals surface area contributed by atoms with Gasteiger partial charge in [0.2, 0.25) is 0 Å². The molecule has 1 aromatic heterocycles. The lowest BCUT2D eigenvalue weighted by Crippen LogP contribution is -2.30. The zero-order chi connectivity index (χ0) is 12.1. The molecule has 1 aliphatic rings. The van der Waals surface area contributed by atoms with E-state index >= 15 is 0 Å². The lowest BCUT2D eigenvalue weighted by Gasteiger charge is -2.28. The monoisotopic (exact) mass is 234 g/mol. The van der Waals surface area contributed by atoms with Gasteiger partial charge in [-0.25, -0.2) is 4.98 Å². The highest BCUT2D eigenvalue weighted by Gasteiger charge is 2.15. The number of anilines is 2. The zero-order valence-corrected chi connectivity index (χ0v) is 10.5. The predicted octanol–water partition coefficient (Wildman–Crippen LogP) is 1.81. The molecule has 1 aromatic rings. The summed E-state index contributed by atoms with van der Waals surface area (Å²) in [6.45, 7) is 3.51.